The average molecular weight is 206 g/mol. The van der Waals surface area contributed by atoms with Crippen molar-refractivity contribution in [1.82, 2.24) is 0 Å². The Morgan fingerprint density at radius 3 is 2.47 bits per heavy atom. The zero-order valence-corrected chi connectivity index (χ0v) is 8.86. The molecule has 0 bridgehead atoms. The highest BCUT2D eigenvalue weighted by Crippen LogP contribution is 2.15. The Balaban J connectivity index is 2.99. The summed E-state index contributed by atoms with van der Waals surface area (Å²) in [6.07, 6.45) is 1.17. The van der Waals surface area contributed by atoms with Crippen molar-refractivity contribution in [2.24, 2.45) is 0 Å². The number of benzene rings is 1. The van der Waals surface area contributed by atoms with Crippen molar-refractivity contribution in [2.75, 3.05) is 13.7 Å². The van der Waals surface area contributed by atoms with Gasteiger partial charge in [-0.05, 0) is 18.1 Å². The van der Waals surface area contributed by atoms with Gasteiger partial charge in [0, 0.05) is 13.2 Å². The molecule has 0 unspecified atom stereocenters. The number of hydrogen-bond acceptors (Lipinski definition) is 2. The lowest BCUT2D eigenvalue weighted by Crippen LogP contribution is -1.98. The van der Waals surface area contributed by atoms with Crippen molar-refractivity contribution in [3.63, 3.8) is 0 Å². The Hall–Kier alpha value is -1.61. The number of aryl methyl sites for hydroxylation is 1. The molecule has 1 rings (SSSR count). The second-order valence-electron chi connectivity index (χ2n) is 3.31. The zero-order valence-electron chi connectivity index (χ0n) is 8.86. The molecule has 15 heavy (non-hydrogen) atoms. The fourth-order valence-corrected chi connectivity index (χ4v) is 1.28. The SMILES string of the molecule is COC/C(=C\C(=O)O)c1ccc(C)cc1. The van der Waals surface area contributed by atoms with E-state index in [4.69, 9.17) is 9.84 Å². The smallest absolute Gasteiger partial charge is 0.328 e. The van der Waals surface area contributed by atoms with Crippen molar-refractivity contribution in [3.05, 3.63) is 41.5 Å². The van der Waals surface area contributed by atoms with E-state index < -0.39 is 5.97 Å². The molecule has 0 fully saturated rings. The zero-order chi connectivity index (χ0) is 11.3. The molecular weight excluding hydrogens is 192 g/mol. The minimum atomic E-state index is -0.956. The van der Waals surface area contributed by atoms with Gasteiger partial charge in [-0.25, -0.2) is 4.79 Å². The van der Waals surface area contributed by atoms with Gasteiger partial charge in [-0.1, -0.05) is 29.8 Å². The van der Waals surface area contributed by atoms with E-state index >= 15 is 0 Å². The first-order chi connectivity index (χ1) is 7.13. The van der Waals surface area contributed by atoms with Gasteiger partial charge in [0.1, 0.15) is 0 Å². The van der Waals surface area contributed by atoms with Crippen LogP contribution in [0, 0.1) is 6.92 Å². The molecule has 0 aliphatic heterocycles. The van der Waals surface area contributed by atoms with Crippen LogP contribution in [-0.2, 0) is 9.53 Å². The predicted octanol–water partition coefficient (Wildman–Crippen LogP) is 2.11. The summed E-state index contributed by atoms with van der Waals surface area (Å²) in [4.78, 5) is 10.6. The number of carboxylic acids is 1. The van der Waals surface area contributed by atoms with Crippen LogP contribution >= 0.6 is 0 Å². The summed E-state index contributed by atoms with van der Waals surface area (Å²) >= 11 is 0. The van der Waals surface area contributed by atoms with Crippen LogP contribution in [0.5, 0.6) is 0 Å². The minimum absolute atomic E-state index is 0.301. The topological polar surface area (TPSA) is 46.5 Å². The standard InChI is InChI=1S/C12H14O3/c1-9-3-5-10(6-4-9)11(8-15-2)7-12(13)14/h3-7H,8H2,1-2H3,(H,13,14)/b11-7+. The quantitative estimate of drug-likeness (QED) is 0.767. The van der Waals surface area contributed by atoms with Gasteiger partial charge in [-0.3, -0.25) is 0 Å². The molecular formula is C12H14O3. The van der Waals surface area contributed by atoms with Gasteiger partial charge < -0.3 is 9.84 Å². The van der Waals surface area contributed by atoms with Crippen LogP contribution in [0.2, 0.25) is 0 Å². The van der Waals surface area contributed by atoms with Gasteiger partial charge >= 0.3 is 5.97 Å². The minimum Gasteiger partial charge on any atom is -0.478 e. The van der Waals surface area contributed by atoms with E-state index in [1.165, 1.54) is 6.08 Å². The molecule has 3 heteroatoms. The maximum atomic E-state index is 10.6. The van der Waals surface area contributed by atoms with E-state index in [9.17, 15) is 4.79 Å². The third-order valence-electron chi connectivity index (χ3n) is 2.02. The monoisotopic (exact) mass is 206 g/mol. The molecule has 0 saturated heterocycles. The highest BCUT2D eigenvalue weighted by molar-refractivity contribution is 5.90. The fraction of sp³-hybridized carbons (Fsp3) is 0.250. The van der Waals surface area contributed by atoms with Gasteiger partial charge in [0.25, 0.3) is 0 Å². The summed E-state index contributed by atoms with van der Waals surface area (Å²) in [6, 6.07) is 7.67. The van der Waals surface area contributed by atoms with E-state index in [1.807, 2.05) is 31.2 Å². The Labute approximate surface area is 89.0 Å². The van der Waals surface area contributed by atoms with Crippen molar-refractivity contribution in [3.8, 4) is 0 Å². The first-order valence-corrected chi connectivity index (χ1v) is 4.63. The summed E-state index contributed by atoms with van der Waals surface area (Å²) in [5, 5.41) is 8.69. The number of hydrogen-bond donors (Lipinski definition) is 1. The van der Waals surface area contributed by atoms with E-state index in [-0.39, 0.29) is 0 Å². The first-order valence-electron chi connectivity index (χ1n) is 4.63. The van der Waals surface area contributed by atoms with Gasteiger partial charge in [0.2, 0.25) is 0 Å². The van der Waals surface area contributed by atoms with Crippen LogP contribution < -0.4 is 0 Å². The summed E-state index contributed by atoms with van der Waals surface area (Å²) in [7, 11) is 1.55. The van der Waals surface area contributed by atoms with Crippen molar-refractivity contribution >= 4 is 11.5 Å². The van der Waals surface area contributed by atoms with Crippen molar-refractivity contribution in [2.45, 2.75) is 6.92 Å². The maximum Gasteiger partial charge on any atom is 0.328 e. The van der Waals surface area contributed by atoms with E-state index in [1.54, 1.807) is 7.11 Å². The second-order valence-corrected chi connectivity index (χ2v) is 3.31. The Kier molecular flexibility index (Phi) is 4.06. The normalized spacial score (nSPS) is 11.5. The third-order valence-corrected chi connectivity index (χ3v) is 2.02. The summed E-state index contributed by atoms with van der Waals surface area (Å²) in [6.45, 7) is 2.29. The molecule has 0 atom stereocenters. The maximum absolute atomic E-state index is 10.6. The molecule has 0 amide bonds. The third kappa shape index (κ3) is 3.56. The number of methoxy groups -OCH3 is 1. The van der Waals surface area contributed by atoms with Crippen LogP contribution in [0.1, 0.15) is 11.1 Å². The second kappa shape index (κ2) is 5.32. The lowest BCUT2D eigenvalue weighted by molar-refractivity contribution is -0.131. The van der Waals surface area contributed by atoms with Crippen molar-refractivity contribution < 1.29 is 14.6 Å². The highest BCUT2D eigenvalue weighted by Gasteiger charge is 2.03. The number of rotatable bonds is 4. The number of aliphatic carboxylic acids is 1. The van der Waals surface area contributed by atoms with Crippen LogP contribution in [-0.4, -0.2) is 24.8 Å². The highest BCUT2D eigenvalue weighted by atomic mass is 16.5. The molecule has 0 aliphatic carbocycles. The number of carbonyl (C=O) groups is 1. The van der Waals surface area contributed by atoms with Crippen LogP contribution in [0.4, 0.5) is 0 Å². The van der Waals surface area contributed by atoms with Crippen LogP contribution in [0.3, 0.4) is 0 Å². The Morgan fingerprint density at radius 2 is 2.00 bits per heavy atom. The largest absolute Gasteiger partial charge is 0.478 e. The average Bonchev–Trinajstić information content (AvgIpc) is 2.17. The predicted molar refractivity (Wildman–Crippen MR) is 58.7 cm³/mol. The molecule has 80 valence electrons. The number of ether oxygens (including phenoxy) is 1. The molecule has 0 spiro atoms. The first kappa shape index (κ1) is 11.5. The summed E-state index contributed by atoms with van der Waals surface area (Å²) in [5.41, 5.74) is 2.70. The van der Waals surface area contributed by atoms with Crippen LogP contribution in [0.15, 0.2) is 30.3 Å². The van der Waals surface area contributed by atoms with E-state index in [0.717, 1.165) is 11.1 Å². The summed E-state index contributed by atoms with van der Waals surface area (Å²) in [5.74, 6) is -0.956. The molecule has 3 nitrogen and oxygen atoms in total. The molecule has 1 aromatic carbocycles. The molecule has 0 saturated carbocycles. The molecule has 1 aromatic rings. The van der Waals surface area contributed by atoms with Gasteiger partial charge in [0.05, 0.1) is 6.61 Å². The molecule has 0 aromatic heterocycles. The van der Waals surface area contributed by atoms with Gasteiger partial charge in [-0.15, -0.1) is 0 Å². The van der Waals surface area contributed by atoms with Crippen LogP contribution in [0.25, 0.3) is 5.57 Å². The Bertz CT molecular complexity index is 363. The molecule has 0 heterocycles. The fourth-order valence-electron chi connectivity index (χ4n) is 1.28. The number of carboxylic acid groups (broad SMARTS) is 1. The molecule has 0 radical (unpaired) electrons. The van der Waals surface area contributed by atoms with E-state index in [2.05, 4.69) is 0 Å². The summed E-state index contributed by atoms with van der Waals surface area (Å²) < 4.78 is 4.96. The lowest BCUT2D eigenvalue weighted by atomic mass is 10.0. The molecule has 0 aliphatic rings. The van der Waals surface area contributed by atoms with Gasteiger partial charge in [0.15, 0.2) is 0 Å². The van der Waals surface area contributed by atoms with Gasteiger partial charge in [-0.2, -0.15) is 0 Å². The van der Waals surface area contributed by atoms with Crippen molar-refractivity contribution in [1.29, 1.82) is 0 Å². The lowest BCUT2D eigenvalue weighted by Gasteiger charge is -2.06. The van der Waals surface area contributed by atoms with E-state index in [0.29, 0.717) is 12.2 Å². The Morgan fingerprint density at radius 1 is 1.40 bits per heavy atom. The molecule has 1 N–H and O–H groups in total.